The van der Waals surface area contributed by atoms with Crippen LogP contribution < -0.4 is 0 Å². The van der Waals surface area contributed by atoms with E-state index in [1.54, 1.807) is 11.6 Å². The molecule has 1 saturated heterocycles. The molecular formula is C12H21N3O3S. The number of hydrogen-bond acceptors (Lipinski definition) is 5. The van der Waals surface area contributed by atoms with E-state index in [-0.39, 0.29) is 22.9 Å². The summed E-state index contributed by atoms with van der Waals surface area (Å²) in [5, 5.41) is 7.86. The molecule has 19 heavy (non-hydrogen) atoms. The molecule has 0 bridgehead atoms. The van der Waals surface area contributed by atoms with Crippen LogP contribution in [0.4, 0.5) is 0 Å². The Morgan fingerprint density at radius 2 is 2.11 bits per heavy atom. The molecule has 1 aliphatic heterocycles. The van der Waals surface area contributed by atoms with Crippen LogP contribution in [-0.4, -0.2) is 41.6 Å². The van der Waals surface area contributed by atoms with Crippen molar-refractivity contribution < 1.29 is 13.2 Å². The van der Waals surface area contributed by atoms with Gasteiger partial charge in [0.1, 0.15) is 5.82 Å². The zero-order valence-electron chi connectivity index (χ0n) is 11.7. The maximum absolute atomic E-state index is 12.4. The number of aromatic nitrogens is 3. The van der Waals surface area contributed by atoms with Gasteiger partial charge in [-0.05, 0) is 19.3 Å². The Bertz CT molecular complexity index is 530. The van der Waals surface area contributed by atoms with Gasteiger partial charge in [-0.25, -0.2) is 8.42 Å². The van der Waals surface area contributed by atoms with E-state index in [0.29, 0.717) is 12.4 Å². The summed E-state index contributed by atoms with van der Waals surface area (Å²) in [6, 6.07) is 0. The molecule has 1 fully saturated rings. The van der Waals surface area contributed by atoms with Crippen LogP contribution >= 0.6 is 0 Å². The Morgan fingerprint density at radius 3 is 2.63 bits per heavy atom. The second-order valence-corrected chi connectivity index (χ2v) is 7.25. The Labute approximate surface area is 114 Å². The van der Waals surface area contributed by atoms with E-state index in [2.05, 4.69) is 10.2 Å². The Kier molecular flexibility index (Phi) is 4.25. The molecule has 0 amide bonds. The molecule has 1 aliphatic rings. The number of hydrogen-bond donors (Lipinski definition) is 0. The predicted molar refractivity (Wildman–Crippen MR) is 70.7 cm³/mol. The first-order valence-corrected chi connectivity index (χ1v) is 8.30. The number of rotatable bonds is 4. The molecule has 0 radical (unpaired) electrons. The lowest BCUT2D eigenvalue weighted by molar-refractivity contribution is 0.0304. The summed E-state index contributed by atoms with van der Waals surface area (Å²) in [5.74, 6) is 0.826. The molecule has 7 heteroatoms. The summed E-state index contributed by atoms with van der Waals surface area (Å²) in [4.78, 5) is 0. The average molecular weight is 287 g/mol. The quantitative estimate of drug-likeness (QED) is 0.834. The van der Waals surface area contributed by atoms with E-state index in [1.807, 2.05) is 13.8 Å². The summed E-state index contributed by atoms with van der Waals surface area (Å²) in [6.07, 6.45) is 2.63. The third-order valence-electron chi connectivity index (χ3n) is 3.34. The molecule has 6 nitrogen and oxygen atoms in total. The van der Waals surface area contributed by atoms with Crippen LogP contribution in [0.1, 0.15) is 44.9 Å². The summed E-state index contributed by atoms with van der Waals surface area (Å²) >= 11 is 0. The number of nitrogens with zero attached hydrogens (tertiary/aromatic N) is 3. The van der Waals surface area contributed by atoms with Gasteiger partial charge in [-0.15, -0.1) is 10.2 Å². The fourth-order valence-electron chi connectivity index (χ4n) is 2.36. The lowest BCUT2D eigenvalue weighted by Gasteiger charge is -2.22. The molecule has 2 rings (SSSR count). The Hall–Kier alpha value is -0.950. The minimum atomic E-state index is -3.44. The van der Waals surface area contributed by atoms with Gasteiger partial charge in [0.15, 0.2) is 0 Å². The fraction of sp³-hybridized carbons (Fsp3) is 0.833. The van der Waals surface area contributed by atoms with Crippen molar-refractivity contribution in [3.63, 3.8) is 0 Å². The largest absolute Gasteiger partial charge is 0.377 e. The number of sulfone groups is 1. The third kappa shape index (κ3) is 3.14. The molecule has 2 heterocycles. The van der Waals surface area contributed by atoms with Gasteiger partial charge in [-0.1, -0.05) is 13.8 Å². The molecule has 0 N–H and O–H groups in total. The minimum Gasteiger partial charge on any atom is -0.377 e. The van der Waals surface area contributed by atoms with E-state index in [4.69, 9.17) is 4.74 Å². The highest BCUT2D eigenvalue weighted by molar-refractivity contribution is 7.91. The molecule has 0 spiro atoms. The topological polar surface area (TPSA) is 74.1 Å². The highest BCUT2D eigenvalue weighted by atomic mass is 32.2. The summed E-state index contributed by atoms with van der Waals surface area (Å²) in [5.41, 5.74) is 0. The van der Waals surface area contributed by atoms with Crippen molar-refractivity contribution in [3.8, 4) is 0 Å². The van der Waals surface area contributed by atoms with Gasteiger partial charge >= 0.3 is 0 Å². The molecule has 1 aromatic heterocycles. The molecule has 0 aromatic carbocycles. The van der Waals surface area contributed by atoms with E-state index >= 15 is 0 Å². The minimum absolute atomic E-state index is 0.00291. The Morgan fingerprint density at radius 1 is 1.37 bits per heavy atom. The van der Waals surface area contributed by atoms with Crippen LogP contribution in [0.15, 0.2) is 5.16 Å². The maximum Gasteiger partial charge on any atom is 0.249 e. The number of ether oxygens (including phenoxy) is 1. The average Bonchev–Trinajstić information content (AvgIpc) is 2.72. The SMILES string of the molecule is CC(C)c1nnc(S(=O)(=O)C[C@H]2CCCCO2)n1C. The van der Waals surface area contributed by atoms with Crippen LogP contribution in [0.3, 0.4) is 0 Å². The van der Waals surface area contributed by atoms with Gasteiger partial charge in [0, 0.05) is 19.6 Å². The first-order chi connectivity index (χ1) is 8.92. The van der Waals surface area contributed by atoms with Gasteiger partial charge in [0.25, 0.3) is 0 Å². The van der Waals surface area contributed by atoms with Gasteiger partial charge in [-0.3, -0.25) is 0 Å². The summed E-state index contributed by atoms with van der Waals surface area (Å²) < 4.78 is 31.8. The maximum atomic E-state index is 12.4. The first kappa shape index (κ1) is 14.5. The predicted octanol–water partition coefficient (Wildman–Crippen LogP) is 1.28. The molecule has 0 aliphatic carbocycles. The highest BCUT2D eigenvalue weighted by Gasteiger charge is 2.28. The lowest BCUT2D eigenvalue weighted by Crippen LogP contribution is -2.29. The van der Waals surface area contributed by atoms with Crippen molar-refractivity contribution in [2.24, 2.45) is 7.05 Å². The van der Waals surface area contributed by atoms with Crippen molar-refractivity contribution in [3.05, 3.63) is 5.82 Å². The van der Waals surface area contributed by atoms with Gasteiger partial charge in [0.2, 0.25) is 15.0 Å². The van der Waals surface area contributed by atoms with Crippen LogP contribution in [0.25, 0.3) is 0 Å². The molecule has 1 aromatic rings. The van der Waals surface area contributed by atoms with Crippen molar-refractivity contribution in [2.75, 3.05) is 12.4 Å². The molecular weight excluding hydrogens is 266 g/mol. The van der Waals surface area contributed by atoms with Crippen LogP contribution in [-0.2, 0) is 21.6 Å². The zero-order chi connectivity index (χ0) is 14.0. The monoisotopic (exact) mass is 287 g/mol. The van der Waals surface area contributed by atoms with E-state index in [9.17, 15) is 8.42 Å². The molecule has 0 unspecified atom stereocenters. The molecule has 108 valence electrons. The first-order valence-electron chi connectivity index (χ1n) is 6.65. The lowest BCUT2D eigenvalue weighted by atomic mass is 10.1. The third-order valence-corrected chi connectivity index (χ3v) is 5.06. The van der Waals surface area contributed by atoms with Crippen molar-refractivity contribution >= 4 is 9.84 Å². The van der Waals surface area contributed by atoms with Crippen LogP contribution in [0.5, 0.6) is 0 Å². The fourth-order valence-corrected chi connectivity index (χ4v) is 3.94. The zero-order valence-corrected chi connectivity index (χ0v) is 12.5. The van der Waals surface area contributed by atoms with Crippen molar-refractivity contribution in [1.82, 2.24) is 14.8 Å². The molecule has 1 atom stereocenters. The highest BCUT2D eigenvalue weighted by Crippen LogP contribution is 2.20. The van der Waals surface area contributed by atoms with Gasteiger partial charge < -0.3 is 9.30 Å². The summed E-state index contributed by atoms with van der Waals surface area (Å²) in [7, 11) is -1.74. The van der Waals surface area contributed by atoms with Crippen LogP contribution in [0, 0.1) is 0 Å². The van der Waals surface area contributed by atoms with Crippen molar-refractivity contribution in [2.45, 2.75) is 50.3 Å². The Balaban J connectivity index is 2.19. The summed E-state index contributed by atoms with van der Waals surface area (Å²) in [6.45, 7) is 4.57. The second-order valence-electron chi connectivity index (χ2n) is 5.32. The van der Waals surface area contributed by atoms with E-state index in [1.165, 1.54) is 0 Å². The smallest absolute Gasteiger partial charge is 0.249 e. The van der Waals surface area contributed by atoms with Crippen molar-refractivity contribution in [1.29, 1.82) is 0 Å². The van der Waals surface area contributed by atoms with E-state index < -0.39 is 9.84 Å². The standard InChI is InChI=1S/C12H21N3O3S/c1-9(2)11-13-14-12(15(11)3)19(16,17)8-10-6-4-5-7-18-10/h9-10H,4-8H2,1-3H3/t10-/m1/s1. The second kappa shape index (κ2) is 5.58. The normalized spacial score (nSPS) is 20.9. The van der Waals surface area contributed by atoms with Crippen LogP contribution in [0.2, 0.25) is 0 Å². The van der Waals surface area contributed by atoms with E-state index in [0.717, 1.165) is 19.3 Å². The van der Waals surface area contributed by atoms with Gasteiger partial charge in [0.05, 0.1) is 11.9 Å². The molecule has 0 saturated carbocycles. The van der Waals surface area contributed by atoms with Gasteiger partial charge in [-0.2, -0.15) is 0 Å².